The van der Waals surface area contributed by atoms with Gasteiger partial charge in [0.05, 0.1) is 0 Å². The molecule has 0 bridgehead atoms. The third-order valence-electron chi connectivity index (χ3n) is 4.22. The monoisotopic (exact) mass is 387 g/mol. The van der Waals surface area contributed by atoms with E-state index in [-0.39, 0.29) is 22.6 Å². The lowest BCUT2D eigenvalue weighted by molar-refractivity contribution is 0.0754. The first-order chi connectivity index (χ1) is 13.0. The molecule has 1 fully saturated rings. The van der Waals surface area contributed by atoms with E-state index in [1.165, 1.54) is 12.3 Å². The molecule has 10 heteroatoms. The van der Waals surface area contributed by atoms with Gasteiger partial charge in [-0.05, 0) is 31.0 Å². The molecule has 0 spiro atoms. The second kappa shape index (κ2) is 6.88. The number of carbonyl (C=O) groups excluding carboxylic acids is 1. The highest BCUT2D eigenvalue weighted by atomic mass is 32.2. The maximum absolute atomic E-state index is 12.5. The van der Waals surface area contributed by atoms with Crippen molar-refractivity contribution in [1.29, 1.82) is 0 Å². The van der Waals surface area contributed by atoms with E-state index < -0.39 is 10.0 Å². The number of nitrogens with one attached hydrogen (secondary N) is 2. The van der Waals surface area contributed by atoms with E-state index >= 15 is 0 Å². The van der Waals surface area contributed by atoms with Crippen LogP contribution in [0.2, 0.25) is 0 Å². The van der Waals surface area contributed by atoms with Gasteiger partial charge in [0.1, 0.15) is 10.6 Å². The Labute approximate surface area is 155 Å². The summed E-state index contributed by atoms with van der Waals surface area (Å²) in [7, 11) is -3.77. The molecule has 4 rings (SSSR count). The van der Waals surface area contributed by atoms with Crippen molar-refractivity contribution < 1.29 is 17.6 Å². The van der Waals surface area contributed by atoms with E-state index in [4.69, 9.17) is 4.42 Å². The lowest BCUT2D eigenvalue weighted by Crippen LogP contribution is -2.27. The van der Waals surface area contributed by atoms with Gasteiger partial charge in [0.2, 0.25) is 0 Å². The van der Waals surface area contributed by atoms with Crippen LogP contribution in [0.15, 0.2) is 51.9 Å². The van der Waals surface area contributed by atoms with Crippen LogP contribution in [0.1, 0.15) is 23.5 Å². The summed E-state index contributed by atoms with van der Waals surface area (Å²) in [6, 6.07) is 9.94. The van der Waals surface area contributed by atoms with E-state index in [0.29, 0.717) is 24.5 Å². The minimum atomic E-state index is -3.77. The Morgan fingerprint density at radius 3 is 2.63 bits per heavy atom. The zero-order valence-corrected chi connectivity index (χ0v) is 15.1. The SMILES string of the molecule is O=C(c1nnc(-c2cc(S(=O)(=O)Nc3ccccc3)c[nH]2)o1)N1CCCC1. The molecule has 9 nitrogen and oxygen atoms in total. The predicted molar refractivity (Wildman–Crippen MR) is 96.5 cm³/mol. The molecule has 2 N–H and O–H groups in total. The van der Waals surface area contributed by atoms with Crippen LogP contribution in [0.3, 0.4) is 0 Å². The van der Waals surface area contributed by atoms with Crippen LogP contribution in [0, 0.1) is 0 Å². The second-order valence-corrected chi connectivity index (χ2v) is 7.81. The molecule has 1 aliphatic heterocycles. The highest BCUT2D eigenvalue weighted by Crippen LogP contribution is 2.23. The number of amides is 1. The molecule has 2 aromatic heterocycles. The molecule has 1 aliphatic rings. The van der Waals surface area contributed by atoms with Crippen LogP contribution in [0.5, 0.6) is 0 Å². The number of hydrogen-bond acceptors (Lipinski definition) is 6. The largest absolute Gasteiger partial charge is 0.411 e. The van der Waals surface area contributed by atoms with Gasteiger partial charge >= 0.3 is 11.8 Å². The summed E-state index contributed by atoms with van der Waals surface area (Å²) in [4.78, 5) is 16.7. The lowest BCUT2D eigenvalue weighted by Gasteiger charge is -2.11. The standard InChI is InChI=1S/C17H17N5O4S/c23-17(22-8-4-5-9-22)16-20-19-15(26-16)14-10-13(11-18-14)27(24,25)21-12-6-2-1-3-7-12/h1-3,6-7,10-11,18,21H,4-5,8-9H2. The first-order valence-corrected chi connectivity index (χ1v) is 9.91. The van der Waals surface area contributed by atoms with Gasteiger partial charge < -0.3 is 14.3 Å². The van der Waals surface area contributed by atoms with Crippen LogP contribution in [-0.2, 0) is 10.0 Å². The topological polar surface area (TPSA) is 121 Å². The van der Waals surface area contributed by atoms with Crippen molar-refractivity contribution in [3.63, 3.8) is 0 Å². The fourth-order valence-corrected chi connectivity index (χ4v) is 3.90. The summed E-state index contributed by atoms with van der Waals surface area (Å²) in [5.74, 6) is -0.358. The normalized spacial score (nSPS) is 14.4. The van der Waals surface area contributed by atoms with Crippen LogP contribution in [-0.4, -0.2) is 47.5 Å². The summed E-state index contributed by atoms with van der Waals surface area (Å²) < 4.78 is 32.9. The Morgan fingerprint density at radius 1 is 1.15 bits per heavy atom. The van der Waals surface area contributed by atoms with Crippen molar-refractivity contribution in [3.8, 4) is 11.6 Å². The Hall–Kier alpha value is -3.14. The Kier molecular flexibility index (Phi) is 4.40. The van der Waals surface area contributed by atoms with Gasteiger partial charge in [0, 0.05) is 25.0 Å². The molecule has 0 radical (unpaired) electrons. The number of hydrogen-bond donors (Lipinski definition) is 2. The van der Waals surface area contributed by atoms with Crippen molar-refractivity contribution >= 4 is 21.6 Å². The highest BCUT2D eigenvalue weighted by Gasteiger charge is 2.25. The molecule has 3 heterocycles. The zero-order valence-electron chi connectivity index (χ0n) is 14.3. The quantitative estimate of drug-likeness (QED) is 0.691. The molecule has 0 atom stereocenters. The predicted octanol–water partition coefficient (Wildman–Crippen LogP) is 2.10. The van der Waals surface area contributed by atoms with Gasteiger partial charge in [0.15, 0.2) is 0 Å². The van der Waals surface area contributed by atoms with Crippen LogP contribution >= 0.6 is 0 Å². The van der Waals surface area contributed by atoms with Gasteiger partial charge in [0.25, 0.3) is 15.9 Å². The number of aromatic nitrogens is 3. The van der Waals surface area contributed by atoms with E-state index in [2.05, 4.69) is 19.9 Å². The third kappa shape index (κ3) is 3.56. The van der Waals surface area contributed by atoms with Crippen molar-refractivity contribution in [2.45, 2.75) is 17.7 Å². The summed E-state index contributed by atoms with van der Waals surface area (Å²) in [6.45, 7) is 1.35. The van der Waals surface area contributed by atoms with Crippen molar-refractivity contribution in [2.75, 3.05) is 17.8 Å². The maximum atomic E-state index is 12.5. The third-order valence-corrected chi connectivity index (χ3v) is 5.59. The van der Waals surface area contributed by atoms with Gasteiger partial charge in [-0.3, -0.25) is 9.52 Å². The van der Waals surface area contributed by atoms with Gasteiger partial charge in [-0.1, -0.05) is 18.2 Å². The Bertz CT molecular complexity index is 1050. The van der Waals surface area contributed by atoms with Gasteiger partial charge in [-0.15, -0.1) is 10.2 Å². The molecule has 27 heavy (non-hydrogen) atoms. The smallest absolute Gasteiger partial charge is 0.311 e. The Balaban J connectivity index is 1.53. The maximum Gasteiger partial charge on any atom is 0.311 e. The molecule has 0 unspecified atom stereocenters. The average Bonchev–Trinajstić information content (AvgIpc) is 3.42. The molecule has 1 saturated heterocycles. The fourth-order valence-electron chi connectivity index (χ4n) is 2.85. The lowest BCUT2D eigenvalue weighted by atomic mass is 10.3. The molecule has 0 aliphatic carbocycles. The van der Waals surface area contributed by atoms with E-state index in [9.17, 15) is 13.2 Å². The highest BCUT2D eigenvalue weighted by molar-refractivity contribution is 7.92. The molecular formula is C17H17N5O4S. The molecule has 3 aromatic rings. The van der Waals surface area contributed by atoms with Crippen molar-refractivity contribution in [3.05, 3.63) is 48.5 Å². The second-order valence-electron chi connectivity index (χ2n) is 6.13. The number of carbonyl (C=O) groups is 1. The first-order valence-electron chi connectivity index (χ1n) is 8.42. The van der Waals surface area contributed by atoms with E-state index in [0.717, 1.165) is 12.8 Å². The minimum Gasteiger partial charge on any atom is -0.411 e. The molecule has 1 aromatic carbocycles. The number of sulfonamides is 1. The fraction of sp³-hybridized carbons (Fsp3) is 0.235. The zero-order chi connectivity index (χ0) is 18.9. The van der Waals surface area contributed by atoms with Crippen LogP contribution in [0.4, 0.5) is 5.69 Å². The van der Waals surface area contributed by atoms with Gasteiger partial charge in [-0.25, -0.2) is 8.42 Å². The molecular weight excluding hydrogens is 370 g/mol. The molecule has 1 amide bonds. The number of H-pyrrole nitrogens is 1. The van der Waals surface area contributed by atoms with Crippen molar-refractivity contribution in [1.82, 2.24) is 20.1 Å². The first kappa shape index (κ1) is 17.3. The number of rotatable bonds is 5. The van der Waals surface area contributed by atoms with Crippen LogP contribution < -0.4 is 4.72 Å². The number of nitrogens with zero attached hydrogens (tertiary/aromatic N) is 3. The summed E-state index contributed by atoms with van der Waals surface area (Å²) in [5.41, 5.74) is 0.771. The van der Waals surface area contributed by atoms with Crippen LogP contribution in [0.25, 0.3) is 11.6 Å². The summed E-state index contributed by atoms with van der Waals surface area (Å²) >= 11 is 0. The van der Waals surface area contributed by atoms with E-state index in [1.807, 2.05) is 0 Å². The Morgan fingerprint density at radius 2 is 1.89 bits per heavy atom. The van der Waals surface area contributed by atoms with E-state index in [1.54, 1.807) is 35.2 Å². The molecule has 140 valence electrons. The summed E-state index contributed by atoms with van der Waals surface area (Å²) in [5, 5.41) is 7.63. The number of benzene rings is 1. The summed E-state index contributed by atoms with van der Waals surface area (Å²) in [6.07, 6.45) is 3.24. The number of aromatic amines is 1. The molecule has 0 saturated carbocycles. The van der Waals surface area contributed by atoms with Gasteiger partial charge in [-0.2, -0.15) is 0 Å². The van der Waals surface area contributed by atoms with Crippen molar-refractivity contribution in [2.24, 2.45) is 0 Å². The minimum absolute atomic E-state index is 0.0203. The average molecular weight is 387 g/mol. The number of anilines is 1. The number of likely N-dealkylation sites (tertiary alicyclic amines) is 1. The number of para-hydroxylation sites is 1.